The Bertz CT molecular complexity index is 4250. The molecule has 8 nitrogen and oxygen atoms in total. The van der Waals surface area contributed by atoms with Gasteiger partial charge in [-0.2, -0.15) is 0 Å². The van der Waals surface area contributed by atoms with Crippen LogP contribution in [0.4, 0.5) is 0 Å². The molecule has 0 spiro atoms. The summed E-state index contributed by atoms with van der Waals surface area (Å²) in [6, 6.07) is 74.4. The van der Waals surface area contributed by atoms with Gasteiger partial charge in [0, 0.05) is 78.3 Å². The van der Waals surface area contributed by atoms with Gasteiger partial charge in [-0.15, -0.1) is 0 Å². The Labute approximate surface area is 395 Å². The van der Waals surface area contributed by atoms with Crippen molar-refractivity contribution >= 4 is 65.4 Å². The number of aromatic nitrogens is 8. The van der Waals surface area contributed by atoms with Gasteiger partial charge in [0.2, 0.25) is 5.95 Å². The molecule has 0 aliphatic rings. The van der Waals surface area contributed by atoms with E-state index in [1.165, 1.54) is 16.2 Å². The summed E-state index contributed by atoms with van der Waals surface area (Å²) in [5.74, 6) is 1.26. The molecule has 322 valence electrons. The summed E-state index contributed by atoms with van der Waals surface area (Å²) in [4.78, 5) is 25.1. The van der Waals surface area contributed by atoms with Gasteiger partial charge in [-0.3, -0.25) is 9.55 Å². The van der Waals surface area contributed by atoms with E-state index in [9.17, 15) is 0 Å². The van der Waals surface area contributed by atoms with Gasteiger partial charge in [0.1, 0.15) is 0 Å². The van der Waals surface area contributed by atoms with E-state index < -0.39 is 0 Å². The Morgan fingerprint density at radius 1 is 0.290 bits per heavy atom. The fourth-order valence-corrected chi connectivity index (χ4v) is 10.3. The maximum atomic E-state index is 5.26. The first-order valence-corrected chi connectivity index (χ1v) is 23.1. The van der Waals surface area contributed by atoms with E-state index in [1.807, 2.05) is 61.1 Å². The Balaban J connectivity index is 0.890. The lowest BCUT2D eigenvalue weighted by Crippen LogP contribution is -2.04. The van der Waals surface area contributed by atoms with Crippen LogP contribution in [0.2, 0.25) is 0 Å². The highest BCUT2D eigenvalue weighted by Crippen LogP contribution is 2.39. The monoisotopic (exact) mass is 882 g/mol. The molecular weight excluding hydrogens is 845 g/mol. The van der Waals surface area contributed by atoms with Crippen molar-refractivity contribution in [2.24, 2.45) is 0 Å². The van der Waals surface area contributed by atoms with Crippen molar-refractivity contribution in [1.29, 1.82) is 0 Å². The van der Waals surface area contributed by atoms with Crippen LogP contribution < -0.4 is 0 Å². The first-order valence-electron chi connectivity index (χ1n) is 23.1. The standard InChI is InChI=1S/C61H38N8/c1-4-14-39(15-5-1)52-37-53(40-16-6-2-7-17-40)66-61(65-52)69-55-23-13-11-21-46(55)49-34-42(25-28-57(49)69)60-63-33-31-51(64-60)41-24-27-47-45-20-10-12-22-54(45)68(58(47)35-41)44-26-29-56-50(36-44)48-30-32-62-38-59(48)67(56)43-18-8-3-9-19-43/h1-38H. The third-order valence-electron chi connectivity index (χ3n) is 13.4. The first-order chi connectivity index (χ1) is 34.2. The zero-order valence-corrected chi connectivity index (χ0v) is 37.0. The Hall–Kier alpha value is -9.53. The predicted octanol–water partition coefficient (Wildman–Crippen LogP) is 14.6. The minimum absolute atomic E-state index is 0.608. The van der Waals surface area contributed by atoms with Crippen molar-refractivity contribution in [3.05, 3.63) is 231 Å². The van der Waals surface area contributed by atoms with Crippen LogP contribution in [0.5, 0.6) is 0 Å². The molecule has 6 aromatic heterocycles. The van der Waals surface area contributed by atoms with Gasteiger partial charge in [-0.05, 0) is 84.9 Å². The zero-order chi connectivity index (χ0) is 45.4. The minimum Gasteiger partial charge on any atom is -0.309 e. The number of fused-ring (bicyclic) bond motifs is 9. The lowest BCUT2D eigenvalue weighted by molar-refractivity contribution is 0.995. The predicted molar refractivity (Wildman–Crippen MR) is 280 cm³/mol. The number of hydrogen-bond donors (Lipinski definition) is 0. The second-order valence-electron chi connectivity index (χ2n) is 17.4. The highest BCUT2D eigenvalue weighted by atomic mass is 15.2. The Morgan fingerprint density at radius 3 is 1.61 bits per heavy atom. The first kappa shape index (κ1) is 38.7. The van der Waals surface area contributed by atoms with E-state index in [2.05, 4.69) is 189 Å². The van der Waals surface area contributed by atoms with Gasteiger partial charge in [0.25, 0.3) is 0 Å². The maximum absolute atomic E-state index is 5.26. The van der Waals surface area contributed by atoms with Crippen LogP contribution in [0.1, 0.15) is 0 Å². The van der Waals surface area contributed by atoms with Crippen LogP contribution in [0.3, 0.4) is 0 Å². The molecule has 0 aliphatic carbocycles. The highest BCUT2D eigenvalue weighted by molar-refractivity contribution is 6.13. The van der Waals surface area contributed by atoms with Crippen molar-refractivity contribution < 1.29 is 0 Å². The highest BCUT2D eigenvalue weighted by Gasteiger charge is 2.20. The molecule has 0 saturated carbocycles. The number of benzene rings is 8. The molecule has 0 unspecified atom stereocenters. The third-order valence-corrected chi connectivity index (χ3v) is 13.4. The van der Waals surface area contributed by atoms with Crippen LogP contribution in [-0.2, 0) is 0 Å². The zero-order valence-electron chi connectivity index (χ0n) is 37.0. The number of hydrogen-bond acceptors (Lipinski definition) is 5. The maximum Gasteiger partial charge on any atom is 0.235 e. The van der Waals surface area contributed by atoms with Crippen molar-refractivity contribution in [3.8, 4) is 62.5 Å². The van der Waals surface area contributed by atoms with Gasteiger partial charge in [0.15, 0.2) is 5.82 Å². The van der Waals surface area contributed by atoms with Crippen molar-refractivity contribution in [2.75, 3.05) is 0 Å². The van der Waals surface area contributed by atoms with Gasteiger partial charge < -0.3 is 9.13 Å². The van der Waals surface area contributed by atoms with Crippen LogP contribution in [0, 0.1) is 0 Å². The summed E-state index contributed by atoms with van der Waals surface area (Å²) in [6.45, 7) is 0. The molecular formula is C61H38N8. The SMILES string of the molecule is c1ccc(-c2cc(-c3ccccc3)nc(-n3c4ccccc4c4cc(-c5nccc(-c6ccc7c8ccccc8n(-c8ccc9c(c8)c8ccncc8n9-c8ccccc8)c7c6)n5)ccc43)n2)cc1. The summed E-state index contributed by atoms with van der Waals surface area (Å²) >= 11 is 0. The lowest BCUT2D eigenvalue weighted by atomic mass is 10.1. The molecule has 0 saturated heterocycles. The quantitative estimate of drug-likeness (QED) is 0.159. The van der Waals surface area contributed by atoms with Crippen molar-refractivity contribution in [1.82, 2.24) is 38.6 Å². The van der Waals surface area contributed by atoms with E-state index >= 15 is 0 Å². The van der Waals surface area contributed by atoms with E-state index in [1.54, 1.807) is 0 Å². The molecule has 0 amide bonds. The van der Waals surface area contributed by atoms with Crippen molar-refractivity contribution in [2.45, 2.75) is 0 Å². The Morgan fingerprint density at radius 2 is 0.855 bits per heavy atom. The number of para-hydroxylation sites is 3. The van der Waals surface area contributed by atoms with E-state index in [-0.39, 0.29) is 0 Å². The molecule has 0 N–H and O–H groups in total. The summed E-state index contributed by atoms with van der Waals surface area (Å²) < 4.78 is 6.86. The van der Waals surface area contributed by atoms with Gasteiger partial charge >= 0.3 is 0 Å². The molecule has 0 fully saturated rings. The molecule has 8 heteroatoms. The lowest BCUT2D eigenvalue weighted by Gasteiger charge is -2.12. The van der Waals surface area contributed by atoms with Crippen LogP contribution in [-0.4, -0.2) is 38.6 Å². The average molecular weight is 883 g/mol. The second kappa shape index (κ2) is 15.5. The van der Waals surface area contributed by atoms with Crippen LogP contribution in [0.15, 0.2) is 231 Å². The number of pyridine rings is 1. The largest absolute Gasteiger partial charge is 0.309 e. The Kier molecular flexibility index (Phi) is 8.72. The summed E-state index contributed by atoms with van der Waals surface area (Å²) in [5.41, 5.74) is 15.2. The van der Waals surface area contributed by atoms with Gasteiger partial charge in [-0.25, -0.2) is 19.9 Å². The van der Waals surface area contributed by atoms with Crippen LogP contribution in [0.25, 0.3) is 128 Å². The second-order valence-corrected chi connectivity index (χ2v) is 17.4. The molecule has 14 rings (SSSR count). The van der Waals surface area contributed by atoms with E-state index in [0.29, 0.717) is 11.8 Å². The topological polar surface area (TPSA) is 79.2 Å². The van der Waals surface area contributed by atoms with Crippen LogP contribution >= 0.6 is 0 Å². The normalized spacial score (nSPS) is 11.8. The van der Waals surface area contributed by atoms with E-state index in [4.69, 9.17) is 19.9 Å². The molecule has 6 heterocycles. The molecule has 0 aliphatic heterocycles. The number of nitrogens with zero attached hydrogens (tertiary/aromatic N) is 8. The molecule has 14 aromatic rings. The molecule has 0 radical (unpaired) electrons. The van der Waals surface area contributed by atoms with E-state index in [0.717, 1.165) is 100.0 Å². The fraction of sp³-hybridized carbons (Fsp3) is 0. The molecule has 0 bridgehead atoms. The molecule has 0 atom stereocenters. The van der Waals surface area contributed by atoms with Crippen molar-refractivity contribution in [3.63, 3.8) is 0 Å². The average Bonchev–Trinajstić information content (AvgIpc) is 4.06. The number of rotatable bonds is 7. The third kappa shape index (κ3) is 6.27. The summed E-state index contributed by atoms with van der Waals surface area (Å²) in [5, 5.41) is 6.86. The van der Waals surface area contributed by atoms with Gasteiger partial charge in [-0.1, -0.05) is 127 Å². The minimum atomic E-state index is 0.608. The summed E-state index contributed by atoms with van der Waals surface area (Å²) in [7, 11) is 0. The molecule has 69 heavy (non-hydrogen) atoms. The summed E-state index contributed by atoms with van der Waals surface area (Å²) in [6.07, 6.45) is 5.71. The molecule has 8 aromatic carbocycles. The fourth-order valence-electron chi connectivity index (χ4n) is 10.3. The van der Waals surface area contributed by atoms with Gasteiger partial charge in [0.05, 0.1) is 56.4 Å². The smallest absolute Gasteiger partial charge is 0.235 e.